The highest BCUT2D eigenvalue weighted by molar-refractivity contribution is 4.79. The van der Waals surface area contributed by atoms with Crippen molar-refractivity contribution in [2.45, 2.75) is 45.8 Å². The van der Waals surface area contributed by atoms with Crippen LogP contribution in [0.1, 0.15) is 33.6 Å². The standard InChI is InChI=1S/C13H28N2O/c1-5-14-12(3)13-6-8-15(9-7-13)10-11(2)16-4/h11-14H,5-10H2,1-4H3. The largest absolute Gasteiger partial charge is 0.380 e. The molecule has 0 radical (unpaired) electrons. The van der Waals surface area contributed by atoms with Crippen LogP contribution in [0.15, 0.2) is 0 Å². The maximum atomic E-state index is 5.31. The zero-order valence-electron chi connectivity index (χ0n) is 11.3. The van der Waals surface area contributed by atoms with Crippen molar-refractivity contribution in [3.05, 3.63) is 0 Å². The van der Waals surface area contributed by atoms with Gasteiger partial charge in [0, 0.05) is 19.7 Å². The fourth-order valence-corrected chi connectivity index (χ4v) is 2.56. The lowest BCUT2D eigenvalue weighted by molar-refractivity contribution is 0.0595. The molecule has 1 fully saturated rings. The first-order valence-corrected chi connectivity index (χ1v) is 6.65. The predicted octanol–water partition coefficient (Wildman–Crippen LogP) is 1.73. The van der Waals surface area contributed by atoms with Crippen molar-refractivity contribution in [1.29, 1.82) is 0 Å². The summed E-state index contributed by atoms with van der Waals surface area (Å²) in [7, 11) is 1.80. The minimum absolute atomic E-state index is 0.364. The number of ether oxygens (including phenoxy) is 1. The Kier molecular flexibility index (Phi) is 6.32. The topological polar surface area (TPSA) is 24.5 Å². The van der Waals surface area contributed by atoms with Crippen LogP contribution in [-0.2, 0) is 4.74 Å². The first-order chi connectivity index (χ1) is 7.67. The number of nitrogens with zero attached hydrogens (tertiary/aromatic N) is 1. The van der Waals surface area contributed by atoms with E-state index in [2.05, 4.69) is 31.0 Å². The monoisotopic (exact) mass is 228 g/mol. The van der Waals surface area contributed by atoms with Crippen LogP contribution in [0.25, 0.3) is 0 Å². The molecule has 1 rings (SSSR count). The molecule has 0 aromatic carbocycles. The van der Waals surface area contributed by atoms with Crippen LogP contribution in [0, 0.1) is 5.92 Å². The molecule has 1 saturated heterocycles. The Morgan fingerprint density at radius 2 is 1.94 bits per heavy atom. The third kappa shape index (κ3) is 4.40. The van der Waals surface area contributed by atoms with E-state index in [4.69, 9.17) is 4.74 Å². The lowest BCUT2D eigenvalue weighted by Gasteiger charge is -2.36. The number of rotatable bonds is 6. The van der Waals surface area contributed by atoms with E-state index >= 15 is 0 Å². The highest BCUT2D eigenvalue weighted by Gasteiger charge is 2.23. The van der Waals surface area contributed by atoms with Crippen molar-refractivity contribution in [3.63, 3.8) is 0 Å². The summed E-state index contributed by atoms with van der Waals surface area (Å²) in [5.74, 6) is 0.856. The Balaban J connectivity index is 2.23. The molecule has 1 aliphatic heterocycles. The number of piperidine rings is 1. The summed E-state index contributed by atoms with van der Waals surface area (Å²) < 4.78 is 5.31. The second-order valence-electron chi connectivity index (χ2n) is 5.03. The maximum absolute atomic E-state index is 5.31. The molecule has 1 aliphatic rings. The molecule has 2 unspecified atom stereocenters. The minimum atomic E-state index is 0.364. The van der Waals surface area contributed by atoms with Gasteiger partial charge >= 0.3 is 0 Å². The average Bonchev–Trinajstić information content (AvgIpc) is 2.30. The normalized spacial score (nSPS) is 23.2. The zero-order chi connectivity index (χ0) is 12.0. The van der Waals surface area contributed by atoms with Gasteiger partial charge in [0.1, 0.15) is 0 Å². The molecule has 0 aliphatic carbocycles. The molecule has 3 nitrogen and oxygen atoms in total. The third-order valence-electron chi connectivity index (χ3n) is 3.78. The predicted molar refractivity (Wildman–Crippen MR) is 68.8 cm³/mol. The molecule has 96 valence electrons. The van der Waals surface area contributed by atoms with Crippen LogP contribution in [0.5, 0.6) is 0 Å². The molecule has 0 spiro atoms. The zero-order valence-corrected chi connectivity index (χ0v) is 11.3. The average molecular weight is 228 g/mol. The number of hydrogen-bond donors (Lipinski definition) is 1. The molecule has 0 bridgehead atoms. The molecule has 0 saturated carbocycles. The molecule has 0 aromatic rings. The number of hydrogen-bond acceptors (Lipinski definition) is 3. The van der Waals surface area contributed by atoms with Crippen LogP contribution in [0.2, 0.25) is 0 Å². The molecule has 0 aromatic heterocycles. The van der Waals surface area contributed by atoms with Crippen LogP contribution in [0.4, 0.5) is 0 Å². The SMILES string of the molecule is CCNC(C)C1CCN(CC(C)OC)CC1. The summed E-state index contributed by atoms with van der Waals surface area (Å²) in [6.07, 6.45) is 3.01. The fraction of sp³-hybridized carbons (Fsp3) is 1.00. The van der Waals surface area contributed by atoms with Crippen molar-refractivity contribution in [2.24, 2.45) is 5.92 Å². The van der Waals surface area contributed by atoms with Gasteiger partial charge in [-0.25, -0.2) is 0 Å². The molecular weight excluding hydrogens is 200 g/mol. The number of likely N-dealkylation sites (tertiary alicyclic amines) is 1. The van der Waals surface area contributed by atoms with Crippen LogP contribution in [-0.4, -0.2) is 50.3 Å². The van der Waals surface area contributed by atoms with E-state index < -0.39 is 0 Å². The number of methoxy groups -OCH3 is 1. The smallest absolute Gasteiger partial charge is 0.0670 e. The van der Waals surface area contributed by atoms with E-state index in [9.17, 15) is 0 Å². The Hall–Kier alpha value is -0.120. The van der Waals surface area contributed by atoms with Crippen molar-refractivity contribution >= 4 is 0 Å². The van der Waals surface area contributed by atoms with E-state index in [-0.39, 0.29) is 0 Å². The van der Waals surface area contributed by atoms with Gasteiger partial charge < -0.3 is 15.0 Å². The quantitative estimate of drug-likeness (QED) is 0.749. The summed E-state index contributed by atoms with van der Waals surface area (Å²) in [6, 6.07) is 0.673. The Bertz CT molecular complexity index is 179. The van der Waals surface area contributed by atoms with Crippen molar-refractivity contribution in [1.82, 2.24) is 10.2 Å². The minimum Gasteiger partial charge on any atom is -0.380 e. The van der Waals surface area contributed by atoms with Gasteiger partial charge in [0.05, 0.1) is 6.10 Å². The Labute approximate surface area is 101 Å². The van der Waals surface area contributed by atoms with E-state index in [1.165, 1.54) is 25.9 Å². The summed E-state index contributed by atoms with van der Waals surface area (Å²) in [4.78, 5) is 2.53. The van der Waals surface area contributed by atoms with Gasteiger partial charge in [0.15, 0.2) is 0 Å². The van der Waals surface area contributed by atoms with Gasteiger partial charge in [-0.05, 0) is 52.2 Å². The van der Waals surface area contributed by atoms with Crippen molar-refractivity contribution < 1.29 is 4.74 Å². The molecular formula is C13H28N2O. The molecule has 1 heterocycles. The Morgan fingerprint density at radius 3 is 2.44 bits per heavy atom. The third-order valence-corrected chi connectivity index (χ3v) is 3.78. The van der Waals surface area contributed by atoms with Gasteiger partial charge in [-0.1, -0.05) is 6.92 Å². The summed E-state index contributed by atoms with van der Waals surface area (Å²) in [6.45, 7) is 11.3. The van der Waals surface area contributed by atoms with E-state index in [1.54, 1.807) is 7.11 Å². The summed E-state index contributed by atoms with van der Waals surface area (Å²) >= 11 is 0. The lowest BCUT2D eigenvalue weighted by Crippen LogP contribution is -2.43. The second-order valence-corrected chi connectivity index (χ2v) is 5.03. The van der Waals surface area contributed by atoms with E-state index in [0.29, 0.717) is 12.1 Å². The van der Waals surface area contributed by atoms with Gasteiger partial charge in [-0.2, -0.15) is 0 Å². The van der Waals surface area contributed by atoms with Crippen LogP contribution in [0.3, 0.4) is 0 Å². The van der Waals surface area contributed by atoms with Gasteiger partial charge in [-0.3, -0.25) is 0 Å². The highest BCUT2D eigenvalue weighted by atomic mass is 16.5. The van der Waals surface area contributed by atoms with Crippen molar-refractivity contribution in [2.75, 3.05) is 33.3 Å². The maximum Gasteiger partial charge on any atom is 0.0670 e. The fourth-order valence-electron chi connectivity index (χ4n) is 2.56. The molecule has 1 N–H and O–H groups in total. The second kappa shape index (κ2) is 7.25. The lowest BCUT2D eigenvalue weighted by atomic mass is 9.90. The van der Waals surface area contributed by atoms with Gasteiger partial charge in [0.2, 0.25) is 0 Å². The first kappa shape index (κ1) is 13.9. The molecule has 2 atom stereocenters. The first-order valence-electron chi connectivity index (χ1n) is 6.65. The van der Waals surface area contributed by atoms with Crippen molar-refractivity contribution in [3.8, 4) is 0 Å². The summed E-state index contributed by atoms with van der Waals surface area (Å²) in [5, 5.41) is 3.54. The summed E-state index contributed by atoms with van der Waals surface area (Å²) in [5.41, 5.74) is 0. The van der Waals surface area contributed by atoms with Crippen LogP contribution < -0.4 is 5.32 Å². The molecule has 0 amide bonds. The van der Waals surface area contributed by atoms with Gasteiger partial charge in [0.25, 0.3) is 0 Å². The Morgan fingerprint density at radius 1 is 1.31 bits per heavy atom. The molecule has 3 heteroatoms. The highest BCUT2D eigenvalue weighted by Crippen LogP contribution is 2.20. The molecule has 16 heavy (non-hydrogen) atoms. The van der Waals surface area contributed by atoms with Gasteiger partial charge in [-0.15, -0.1) is 0 Å². The van der Waals surface area contributed by atoms with Crippen LogP contribution >= 0.6 is 0 Å². The van der Waals surface area contributed by atoms with E-state index in [0.717, 1.165) is 19.0 Å². The number of nitrogens with one attached hydrogen (secondary N) is 1. The van der Waals surface area contributed by atoms with E-state index in [1.807, 2.05) is 0 Å².